The minimum absolute atomic E-state index is 0.254. The molecule has 0 radical (unpaired) electrons. The Bertz CT molecular complexity index is 646. The quantitative estimate of drug-likeness (QED) is 0.912. The number of urea groups is 1. The number of aromatic nitrogens is 1. The van der Waals surface area contributed by atoms with Crippen molar-refractivity contribution >= 4 is 32.7 Å². The van der Waals surface area contributed by atoms with Gasteiger partial charge in [-0.25, -0.2) is 9.78 Å². The van der Waals surface area contributed by atoms with Crippen LogP contribution in [0.25, 0.3) is 10.2 Å². The highest BCUT2D eigenvalue weighted by atomic mass is 32.1. The van der Waals surface area contributed by atoms with Gasteiger partial charge in [0, 0.05) is 7.05 Å². The van der Waals surface area contributed by atoms with Crippen LogP contribution in [0.1, 0.15) is 26.3 Å². The van der Waals surface area contributed by atoms with Crippen LogP contribution in [0.2, 0.25) is 0 Å². The average molecular weight is 307 g/mol. The van der Waals surface area contributed by atoms with Gasteiger partial charge < -0.3 is 10.0 Å². The van der Waals surface area contributed by atoms with Crippen molar-refractivity contribution in [2.24, 2.45) is 0 Å². The van der Waals surface area contributed by atoms with E-state index in [1.807, 2.05) is 12.1 Å². The third-order valence-electron chi connectivity index (χ3n) is 3.05. The Hall–Kier alpha value is -1.66. The predicted octanol–water partition coefficient (Wildman–Crippen LogP) is 3.09. The maximum Gasteiger partial charge on any atom is 0.323 e. The molecule has 0 aliphatic rings. The first-order chi connectivity index (χ1) is 9.78. The van der Waals surface area contributed by atoms with Crippen LogP contribution in [-0.4, -0.2) is 40.2 Å². The van der Waals surface area contributed by atoms with E-state index in [9.17, 15) is 9.90 Å². The van der Waals surface area contributed by atoms with Crippen LogP contribution < -0.4 is 5.32 Å². The molecule has 0 aliphatic carbocycles. The molecule has 0 unspecified atom stereocenters. The fourth-order valence-electron chi connectivity index (χ4n) is 2.08. The molecule has 0 spiro atoms. The van der Waals surface area contributed by atoms with E-state index < -0.39 is 5.60 Å². The average Bonchev–Trinajstić information content (AvgIpc) is 2.77. The number of hydrogen-bond acceptors (Lipinski definition) is 4. The summed E-state index contributed by atoms with van der Waals surface area (Å²) >= 11 is 1.46. The second-order valence-electron chi connectivity index (χ2n) is 5.77. The van der Waals surface area contributed by atoms with E-state index in [2.05, 4.69) is 23.3 Å². The molecule has 0 bridgehead atoms. The van der Waals surface area contributed by atoms with Gasteiger partial charge in [-0.2, -0.15) is 0 Å². The standard InChI is InChI=1S/C15H21N3O2S/c1-5-10-6-7-11-12(8-10)21-13(16-11)17-14(19)18(4)9-15(2,3)20/h6-8,20H,5,9H2,1-4H3,(H,16,17,19). The molecule has 0 atom stereocenters. The molecule has 1 aromatic carbocycles. The van der Waals surface area contributed by atoms with Gasteiger partial charge in [-0.3, -0.25) is 5.32 Å². The lowest BCUT2D eigenvalue weighted by molar-refractivity contribution is 0.0550. The number of thiazole rings is 1. The lowest BCUT2D eigenvalue weighted by atomic mass is 10.1. The van der Waals surface area contributed by atoms with Crippen LogP contribution in [0.15, 0.2) is 18.2 Å². The number of nitrogens with one attached hydrogen (secondary N) is 1. The van der Waals surface area contributed by atoms with Crippen molar-refractivity contribution in [3.05, 3.63) is 23.8 Å². The highest BCUT2D eigenvalue weighted by Crippen LogP contribution is 2.27. The van der Waals surface area contributed by atoms with Crippen molar-refractivity contribution in [1.29, 1.82) is 0 Å². The normalized spacial score (nSPS) is 11.7. The molecule has 2 amide bonds. The Morgan fingerprint density at radius 3 is 2.81 bits per heavy atom. The van der Waals surface area contributed by atoms with E-state index >= 15 is 0 Å². The van der Waals surface area contributed by atoms with Crippen molar-refractivity contribution in [1.82, 2.24) is 9.88 Å². The van der Waals surface area contributed by atoms with Crippen molar-refractivity contribution in [2.45, 2.75) is 32.8 Å². The first-order valence-corrected chi connectivity index (χ1v) is 7.74. The summed E-state index contributed by atoms with van der Waals surface area (Å²) in [4.78, 5) is 17.9. The van der Waals surface area contributed by atoms with Crippen LogP contribution in [-0.2, 0) is 6.42 Å². The minimum atomic E-state index is -0.921. The number of carbonyl (C=O) groups excluding carboxylic acids is 1. The van der Waals surface area contributed by atoms with Crippen molar-refractivity contribution < 1.29 is 9.90 Å². The number of rotatable bonds is 4. The number of benzene rings is 1. The number of likely N-dealkylation sites (N-methyl/N-ethyl adjacent to an activating group) is 1. The van der Waals surface area contributed by atoms with Crippen LogP contribution in [0.5, 0.6) is 0 Å². The molecule has 1 heterocycles. The zero-order valence-corrected chi connectivity index (χ0v) is 13.6. The van der Waals surface area contributed by atoms with E-state index in [-0.39, 0.29) is 12.6 Å². The van der Waals surface area contributed by atoms with E-state index in [1.54, 1.807) is 20.9 Å². The first kappa shape index (κ1) is 15.7. The third-order valence-corrected chi connectivity index (χ3v) is 3.98. The smallest absolute Gasteiger partial charge is 0.323 e. The summed E-state index contributed by atoms with van der Waals surface area (Å²) in [6.07, 6.45) is 0.976. The number of carbonyl (C=O) groups is 1. The van der Waals surface area contributed by atoms with Crippen LogP contribution >= 0.6 is 11.3 Å². The van der Waals surface area contributed by atoms with Gasteiger partial charge in [-0.05, 0) is 38.0 Å². The number of anilines is 1. The second kappa shape index (κ2) is 5.99. The van der Waals surface area contributed by atoms with E-state index in [1.165, 1.54) is 21.8 Å². The molecular weight excluding hydrogens is 286 g/mol. The Morgan fingerprint density at radius 1 is 1.48 bits per heavy atom. The zero-order chi connectivity index (χ0) is 15.6. The molecule has 6 heteroatoms. The Labute approximate surface area is 128 Å². The number of nitrogens with zero attached hydrogens (tertiary/aromatic N) is 2. The fraction of sp³-hybridized carbons (Fsp3) is 0.467. The molecule has 0 fully saturated rings. The summed E-state index contributed by atoms with van der Waals surface area (Å²) in [5.41, 5.74) is 1.22. The number of hydrogen-bond donors (Lipinski definition) is 2. The van der Waals surface area contributed by atoms with Gasteiger partial charge in [-0.15, -0.1) is 0 Å². The Kier molecular flexibility index (Phi) is 4.49. The lowest BCUT2D eigenvalue weighted by Crippen LogP contribution is -2.41. The SMILES string of the molecule is CCc1ccc2nc(NC(=O)N(C)CC(C)(C)O)sc2c1. The summed E-state index contributed by atoms with van der Waals surface area (Å²) in [6, 6.07) is 5.85. The van der Waals surface area contributed by atoms with Crippen LogP contribution in [0, 0.1) is 0 Å². The number of fused-ring (bicyclic) bond motifs is 1. The van der Waals surface area contributed by atoms with Crippen molar-refractivity contribution in [3.8, 4) is 0 Å². The molecule has 2 N–H and O–H groups in total. The molecule has 1 aromatic heterocycles. The second-order valence-corrected chi connectivity index (χ2v) is 6.80. The van der Waals surface area contributed by atoms with Crippen LogP contribution in [0.3, 0.4) is 0 Å². The van der Waals surface area contributed by atoms with Gasteiger partial charge in [0.05, 0.1) is 22.4 Å². The summed E-state index contributed by atoms with van der Waals surface area (Å²) in [7, 11) is 1.65. The number of aryl methyl sites for hydroxylation is 1. The number of aliphatic hydroxyl groups is 1. The van der Waals surface area contributed by atoms with E-state index in [4.69, 9.17) is 0 Å². The molecule has 0 saturated heterocycles. The maximum absolute atomic E-state index is 12.1. The van der Waals surface area contributed by atoms with Crippen molar-refractivity contribution in [2.75, 3.05) is 18.9 Å². The van der Waals surface area contributed by atoms with E-state index in [0.717, 1.165) is 16.6 Å². The summed E-state index contributed by atoms with van der Waals surface area (Å²) in [6.45, 7) is 5.70. The fourth-order valence-corrected chi connectivity index (χ4v) is 3.00. The van der Waals surface area contributed by atoms with Gasteiger partial charge in [0.15, 0.2) is 5.13 Å². The van der Waals surface area contributed by atoms with Crippen molar-refractivity contribution in [3.63, 3.8) is 0 Å². The molecular formula is C15H21N3O2S. The molecule has 5 nitrogen and oxygen atoms in total. The summed E-state index contributed by atoms with van der Waals surface area (Å²) in [5.74, 6) is 0. The maximum atomic E-state index is 12.1. The lowest BCUT2D eigenvalue weighted by Gasteiger charge is -2.25. The van der Waals surface area contributed by atoms with Gasteiger partial charge >= 0.3 is 6.03 Å². The number of amides is 2. The third kappa shape index (κ3) is 4.15. The monoisotopic (exact) mass is 307 g/mol. The van der Waals surface area contributed by atoms with Gasteiger partial charge in [0.1, 0.15) is 0 Å². The molecule has 0 aliphatic heterocycles. The molecule has 2 aromatic rings. The molecule has 21 heavy (non-hydrogen) atoms. The van der Waals surface area contributed by atoms with Gasteiger partial charge in [0.25, 0.3) is 0 Å². The summed E-state index contributed by atoms with van der Waals surface area (Å²) < 4.78 is 1.06. The highest BCUT2D eigenvalue weighted by molar-refractivity contribution is 7.22. The van der Waals surface area contributed by atoms with Gasteiger partial charge in [-0.1, -0.05) is 24.3 Å². The molecule has 0 saturated carbocycles. The zero-order valence-electron chi connectivity index (χ0n) is 12.8. The molecule has 2 rings (SSSR count). The predicted molar refractivity (Wildman–Crippen MR) is 86.9 cm³/mol. The Morgan fingerprint density at radius 2 is 2.19 bits per heavy atom. The molecule has 114 valence electrons. The van der Waals surface area contributed by atoms with E-state index in [0.29, 0.717) is 5.13 Å². The Balaban J connectivity index is 2.10. The summed E-state index contributed by atoms with van der Waals surface area (Å²) in [5, 5.41) is 13.1. The highest BCUT2D eigenvalue weighted by Gasteiger charge is 2.20. The topological polar surface area (TPSA) is 65.5 Å². The largest absolute Gasteiger partial charge is 0.389 e. The van der Waals surface area contributed by atoms with Gasteiger partial charge in [0.2, 0.25) is 0 Å². The first-order valence-electron chi connectivity index (χ1n) is 6.92. The van der Waals surface area contributed by atoms with Crippen LogP contribution in [0.4, 0.5) is 9.93 Å². The minimum Gasteiger partial charge on any atom is -0.389 e.